The lowest BCUT2D eigenvalue weighted by atomic mass is 10.3. The van der Waals surface area contributed by atoms with Gasteiger partial charge in [0.25, 0.3) is 0 Å². The molecule has 0 aliphatic rings. The molecule has 4 heteroatoms. The van der Waals surface area contributed by atoms with E-state index in [9.17, 15) is 9.59 Å². The van der Waals surface area contributed by atoms with Crippen molar-refractivity contribution >= 4 is 11.9 Å². The molecule has 68 valence electrons. The summed E-state index contributed by atoms with van der Waals surface area (Å²) in [5.41, 5.74) is 0. The summed E-state index contributed by atoms with van der Waals surface area (Å²) in [5, 5.41) is 8.32. The van der Waals surface area contributed by atoms with E-state index in [0.717, 1.165) is 0 Å². The first-order valence-corrected chi connectivity index (χ1v) is 3.64. The van der Waals surface area contributed by atoms with Crippen molar-refractivity contribution in [3.8, 4) is 0 Å². The number of rotatable bonds is 5. The van der Waals surface area contributed by atoms with Crippen LogP contribution in [0.15, 0.2) is 12.7 Å². The highest BCUT2D eigenvalue weighted by atomic mass is 16.4. The van der Waals surface area contributed by atoms with E-state index in [1.165, 1.54) is 11.0 Å². The Bertz CT molecular complexity index is 189. The van der Waals surface area contributed by atoms with Gasteiger partial charge in [0.2, 0.25) is 5.91 Å². The minimum atomic E-state index is -0.895. The Balaban J connectivity index is 3.70. The van der Waals surface area contributed by atoms with Gasteiger partial charge in [0.05, 0.1) is 6.42 Å². The molecule has 0 heterocycles. The number of hydrogen-bond acceptors (Lipinski definition) is 2. The van der Waals surface area contributed by atoms with Crippen molar-refractivity contribution in [2.45, 2.75) is 12.8 Å². The zero-order valence-corrected chi connectivity index (χ0v) is 7.12. The molecule has 0 rings (SSSR count). The van der Waals surface area contributed by atoms with E-state index >= 15 is 0 Å². The molecule has 0 saturated carbocycles. The Morgan fingerprint density at radius 2 is 2.17 bits per heavy atom. The van der Waals surface area contributed by atoms with Gasteiger partial charge in [0.15, 0.2) is 0 Å². The van der Waals surface area contributed by atoms with Crippen LogP contribution in [-0.4, -0.2) is 35.5 Å². The number of carbonyl (C=O) groups excluding carboxylic acids is 1. The molecule has 0 unspecified atom stereocenters. The molecule has 0 bridgehead atoms. The van der Waals surface area contributed by atoms with Crippen molar-refractivity contribution in [2.75, 3.05) is 13.6 Å². The van der Waals surface area contributed by atoms with Crippen LogP contribution in [0, 0.1) is 0 Å². The van der Waals surface area contributed by atoms with Crippen LogP contribution in [0.3, 0.4) is 0 Å². The third-order valence-electron chi connectivity index (χ3n) is 1.41. The van der Waals surface area contributed by atoms with Crippen LogP contribution in [-0.2, 0) is 9.59 Å². The van der Waals surface area contributed by atoms with Gasteiger partial charge in [-0.3, -0.25) is 9.59 Å². The summed E-state index contributed by atoms with van der Waals surface area (Å²) in [4.78, 5) is 22.5. The van der Waals surface area contributed by atoms with Crippen LogP contribution < -0.4 is 0 Å². The Kier molecular flexibility index (Phi) is 4.76. The zero-order chi connectivity index (χ0) is 9.56. The molecule has 0 radical (unpaired) electrons. The van der Waals surface area contributed by atoms with E-state index in [1.807, 2.05) is 0 Å². The van der Waals surface area contributed by atoms with E-state index in [-0.39, 0.29) is 25.3 Å². The van der Waals surface area contributed by atoms with Crippen molar-refractivity contribution in [2.24, 2.45) is 0 Å². The van der Waals surface area contributed by atoms with Gasteiger partial charge < -0.3 is 10.0 Å². The number of aliphatic carboxylic acids is 1. The normalized spacial score (nSPS) is 9.08. The third kappa shape index (κ3) is 4.49. The quantitative estimate of drug-likeness (QED) is 0.612. The van der Waals surface area contributed by atoms with Crippen molar-refractivity contribution in [3.05, 3.63) is 12.7 Å². The van der Waals surface area contributed by atoms with Gasteiger partial charge in [-0.15, -0.1) is 6.58 Å². The summed E-state index contributed by atoms with van der Waals surface area (Å²) in [7, 11) is 1.58. The maximum atomic E-state index is 11.0. The Morgan fingerprint density at radius 3 is 2.58 bits per heavy atom. The topological polar surface area (TPSA) is 57.6 Å². The first kappa shape index (κ1) is 10.7. The highest BCUT2D eigenvalue weighted by Crippen LogP contribution is 1.93. The molecule has 0 aliphatic carbocycles. The fourth-order valence-corrected chi connectivity index (χ4v) is 0.667. The van der Waals surface area contributed by atoms with Crippen LogP contribution in [0.5, 0.6) is 0 Å². The predicted molar refractivity (Wildman–Crippen MR) is 44.7 cm³/mol. The van der Waals surface area contributed by atoms with E-state index in [2.05, 4.69) is 6.58 Å². The molecule has 12 heavy (non-hydrogen) atoms. The molecule has 0 saturated heterocycles. The minimum absolute atomic E-state index is 0.0145. The summed E-state index contributed by atoms with van der Waals surface area (Å²) in [6.07, 6.45) is 1.75. The summed E-state index contributed by atoms with van der Waals surface area (Å²) in [5.74, 6) is -1.00. The molecule has 0 fully saturated rings. The number of carboxylic acids is 1. The number of hydrogen-bond donors (Lipinski definition) is 1. The van der Waals surface area contributed by atoms with Gasteiger partial charge in [-0.25, -0.2) is 0 Å². The molecule has 0 aromatic rings. The van der Waals surface area contributed by atoms with Crippen LogP contribution >= 0.6 is 0 Å². The standard InChI is InChI=1S/C8H13NO3/c1-3-4-7(10)9(2)6-5-8(11)12/h3H,1,4-6H2,2H3,(H,11,12). The first-order valence-electron chi connectivity index (χ1n) is 3.64. The summed E-state index contributed by atoms with van der Waals surface area (Å²) in [6.45, 7) is 3.67. The lowest BCUT2D eigenvalue weighted by molar-refractivity contribution is -0.138. The molecular formula is C8H13NO3. The van der Waals surface area contributed by atoms with Gasteiger partial charge in [-0.05, 0) is 0 Å². The second-order valence-corrected chi connectivity index (χ2v) is 2.45. The smallest absolute Gasteiger partial charge is 0.305 e. The second-order valence-electron chi connectivity index (χ2n) is 2.45. The first-order chi connectivity index (χ1) is 5.57. The van der Waals surface area contributed by atoms with E-state index < -0.39 is 5.97 Å². The minimum Gasteiger partial charge on any atom is -0.481 e. The third-order valence-corrected chi connectivity index (χ3v) is 1.41. The van der Waals surface area contributed by atoms with Crippen molar-refractivity contribution in [3.63, 3.8) is 0 Å². The van der Waals surface area contributed by atoms with Gasteiger partial charge in [-0.1, -0.05) is 6.08 Å². The maximum absolute atomic E-state index is 11.0. The summed E-state index contributed by atoms with van der Waals surface area (Å²) < 4.78 is 0. The largest absolute Gasteiger partial charge is 0.481 e. The van der Waals surface area contributed by atoms with E-state index in [0.29, 0.717) is 0 Å². The fourth-order valence-electron chi connectivity index (χ4n) is 0.667. The Hall–Kier alpha value is -1.32. The fraction of sp³-hybridized carbons (Fsp3) is 0.500. The molecule has 0 aromatic carbocycles. The lowest BCUT2D eigenvalue weighted by Crippen LogP contribution is -2.28. The predicted octanol–water partition coefficient (Wildman–Crippen LogP) is 0.496. The molecule has 4 nitrogen and oxygen atoms in total. The molecule has 1 amide bonds. The zero-order valence-electron chi connectivity index (χ0n) is 7.12. The number of carbonyl (C=O) groups is 2. The summed E-state index contributed by atoms with van der Waals surface area (Å²) >= 11 is 0. The van der Waals surface area contributed by atoms with Gasteiger partial charge in [0.1, 0.15) is 0 Å². The highest BCUT2D eigenvalue weighted by molar-refractivity contribution is 5.78. The van der Waals surface area contributed by atoms with E-state index in [1.54, 1.807) is 7.05 Å². The molecule has 0 aliphatic heterocycles. The van der Waals surface area contributed by atoms with Crippen molar-refractivity contribution < 1.29 is 14.7 Å². The average Bonchev–Trinajstić information content (AvgIpc) is 2.00. The lowest BCUT2D eigenvalue weighted by Gasteiger charge is -2.14. The summed E-state index contributed by atoms with van der Waals surface area (Å²) in [6, 6.07) is 0. The van der Waals surface area contributed by atoms with Crippen LogP contribution in [0.25, 0.3) is 0 Å². The van der Waals surface area contributed by atoms with Crippen molar-refractivity contribution in [1.82, 2.24) is 4.90 Å². The molecule has 0 atom stereocenters. The number of amides is 1. The molecular weight excluding hydrogens is 158 g/mol. The SMILES string of the molecule is C=CCC(=O)N(C)CCC(=O)O. The average molecular weight is 171 g/mol. The van der Waals surface area contributed by atoms with Crippen molar-refractivity contribution in [1.29, 1.82) is 0 Å². The monoisotopic (exact) mass is 171 g/mol. The van der Waals surface area contributed by atoms with Crippen LogP contribution in [0.1, 0.15) is 12.8 Å². The highest BCUT2D eigenvalue weighted by Gasteiger charge is 2.07. The maximum Gasteiger partial charge on any atom is 0.305 e. The molecule has 1 N–H and O–H groups in total. The molecule has 0 aromatic heterocycles. The molecule has 0 spiro atoms. The van der Waals surface area contributed by atoms with Crippen LogP contribution in [0.4, 0.5) is 0 Å². The van der Waals surface area contributed by atoms with Gasteiger partial charge in [-0.2, -0.15) is 0 Å². The number of nitrogens with zero attached hydrogens (tertiary/aromatic N) is 1. The van der Waals surface area contributed by atoms with Crippen LogP contribution in [0.2, 0.25) is 0 Å². The van der Waals surface area contributed by atoms with Gasteiger partial charge in [0, 0.05) is 20.0 Å². The Labute approximate surface area is 71.5 Å². The van der Waals surface area contributed by atoms with E-state index in [4.69, 9.17) is 5.11 Å². The van der Waals surface area contributed by atoms with Gasteiger partial charge >= 0.3 is 5.97 Å². The Morgan fingerprint density at radius 1 is 1.58 bits per heavy atom. The number of carboxylic acid groups (broad SMARTS) is 1. The second kappa shape index (κ2) is 5.35.